The Morgan fingerprint density at radius 1 is 0.882 bits per heavy atom. The SMILES string of the molecule is CN(C)C(OC1(c2ccc(N=Nc3ccccc3)cc2)C=NN=N1)=[N+](C)C.F[P-](F)(F)(F)(F)F. The van der Waals surface area contributed by atoms with Gasteiger partial charge in [0.05, 0.1) is 39.6 Å². The van der Waals surface area contributed by atoms with Crippen LogP contribution in [0, 0.1) is 0 Å². The van der Waals surface area contributed by atoms with Gasteiger partial charge in [0.25, 0.3) is 5.72 Å². The second-order valence-electron chi connectivity index (χ2n) is 7.34. The summed E-state index contributed by atoms with van der Waals surface area (Å²) in [7, 11) is -3.05. The molecule has 1 aliphatic heterocycles. The van der Waals surface area contributed by atoms with Gasteiger partial charge in [-0.25, -0.2) is 9.48 Å². The van der Waals surface area contributed by atoms with Gasteiger partial charge in [0.1, 0.15) is 6.21 Å². The Balaban J connectivity index is 0.000000509. The van der Waals surface area contributed by atoms with Crippen LogP contribution in [0.1, 0.15) is 5.56 Å². The van der Waals surface area contributed by atoms with Crippen molar-refractivity contribution in [2.24, 2.45) is 25.7 Å². The first-order valence-electron chi connectivity index (χ1n) is 9.46. The average molecular weight is 509 g/mol. The first kappa shape index (κ1) is 26.8. The Hall–Kier alpha value is -3.41. The molecular formula is C19H22F6N7OP. The molecule has 1 unspecified atom stereocenters. The van der Waals surface area contributed by atoms with Crippen molar-refractivity contribution >= 4 is 31.4 Å². The standard InChI is InChI=1S/C19H22N7O.F6P/c1-25(2)18(26(3)4)27-19(14-20-24-23-19)15-10-12-17(13-11-15)22-21-16-8-6-5-7-9-16;1-7(2,3,4,5)6/h5-14H,1-4H3;/q+1;-1. The van der Waals surface area contributed by atoms with Crippen LogP contribution in [0.4, 0.5) is 36.6 Å². The van der Waals surface area contributed by atoms with Crippen LogP contribution in [0.15, 0.2) is 80.3 Å². The van der Waals surface area contributed by atoms with Gasteiger partial charge in [0.2, 0.25) is 0 Å². The zero-order chi connectivity index (χ0) is 25.7. The van der Waals surface area contributed by atoms with Crippen LogP contribution in [-0.4, -0.2) is 49.9 Å². The zero-order valence-corrected chi connectivity index (χ0v) is 19.4. The second-order valence-corrected chi connectivity index (χ2v) is 9.26. The first-order valence-corrected chi connectivity index (χ1v) is 11.5. The van der Waals surface area contributed by atoms with E-state index < -0.39 is 13.5 Å². The van der Waals surface area contributed by atoms with E-state index in [1.165, 1.54) is 0 Å². The van der Waals surface area contributed by atoms with Gasteiger partial charge in [-0.05, 0) is 29.5 Å². The quantitative estimate of drug-likeness (QED) is 0.108. The molecule has 0 saturated heterocycles. The zero-order valence-electron chi connectivity index (χ0n) is 18.5. The topological polar surface area (TPSA) is 77.3 Å². The van der Waals surface area contributed by atoms with Gasteiger partial charge in [-0.2, -0.15) is 10.2 Å². The number of hydrogen-bond donors (Lipinski definition) is 0. The molecule has 0 saturated carbocycles. The van der Waals surface area contributed by atoms with Crippen molar-refractivity contribution in [3.63, 3.8) is 0 Å². The van der Waals surface area contributed by atoms with E-state index in [1.807, 2.05) is 92.3 Å². The fourth-order valence-electron chi connectivity index (χ4n) is 2.56. The van der Waals surface area contributed by atoms with Crippen molar-refractivity contribution in [2.45, 2.75) is 5.72 Å². The number of ether oxygens (including phenoxy) is 1. The normalized spacial score (nSPS) is 19.1. The Morgan fingerprint density at radius 2 is 1.38 bits per heavy atom. The third-order valence-electron chi connectivity index (χ3n) is 3.81. The van der Waals surface area contributed by atoms with Gasteiger partial charge in [0.15, 0.2) is 0 Å². The molecule has 2 aromatic carbocycles. The number of rotatable bonds is 4. The molecule has 1 heterocycles. The Kier molecular flexibility index (Phi) is 7.17. The molecule has 0 N–H and O–H groups in total. The third-order valence-corrected chi connectivity index (χ3v) is 3.81. The summed E-state index contributed by atoms with van der Waals surface area (Å²) in [6.45, 7) is 0. The van der Waals surface area contributed by atoms with Crippen molar-refractivity contribution < 1.29 is 34.5 Å². The van der Waals surface area contributed by atoms with Gasteiger partial charge in [-0.1, -0.05) is 30.3 Å². The number of benzene rings is 2. The summed E-state index contributed by atoms with van der Waals surface area (Å²) < 4.78 is 67.2. The Labute approximate surface area is 191 Å². The fourth-order valence-corrected chi connectivity index (χ4v) is 2.56. The molecule has 0 radical (unpaired) electrons. The molecule has 1 atom stereocenters. The monoisotopic (exact) mass is 509 g/mol. The molecule has 0 aliphatic carbocycles. The summed E-state index contributed by atoms with van der Waals surface area (Å²) in [6.07, 6.45) is 1.58. The van der Waals surface area contributed by atoms with E-state index in [-0.39, 0.29) is 0 Å². The maximum atomic E-state index is 9.87. The molecule has 8 nitrogen and oxygen atoms in total. The van der Waals surface area contributed by atoms with Gasteiger partial charge >= 0.3 is 39.0 Å². The van der Waals surface area contributed by atoms with Gasteiger partial charge < -0.3 is 4.74 Å². The third kappa shape index (κ3) is 9.61. The number of halogens is 6. The van der Waals surface area contributed by atoms with Crippen LogP contribution in [-0.2, 0) is 10.5 Å². The van der Waals surface area contributed by atoms with Crippen molar-refractivity contribution in [1.29, 1.82) is 0 Å². The van der Waals surface area contributed by atoms with Crippen LogP contribution < -0.4 is 0 Å². The van der Waals surface area contributed by atoms with Crippen LogP contribution in [0.5, 0.6) is 0 Å². The summed E-state index contributed by atoms with van der Waals surface area (Å²) in [6, 6.07) is 17.7. The molecule has 186 valence electrons. The van der Waals surface area contributed by atoms with E-state index in [9.17, 15) is 25.2 Å². The van der Waals surface area contributed by atoms with E-state index in [0.717, 1.165) is 16.9 Å². The molecule has 0 bridgehead atoms. The molecule has 15 heteroatoms. The van der Waals surface area contributed by atoms with Crippen LogP contribution in [0.25, 0.3) is 0 Å². The van der Waals surface area contributed by atoms with E-state index in [1.54, 1.807) is 6.21 Å². The molecule has 0 aromatic heterocycles. The number of amidine groups is 1. The summed E-state index contributed by atoms with van der Waals surface area (Å²) in [5.41, 5.74) is 1.23. The summed E-state index contributed by atoms with van der Waals surface area (Å²) >= 11 is 0. The number of azo groups is 1. The molecule has 3 rings (SSSR count). The average Bonchev–Trinajstić information content (AvgIpc) is 3.19. The minimum absolute atomic E-state index is 0.634. The number of nitrogens with zero attached hydrogens (tertiary/aromatic N) is 7. The number of hydrogen-bond acceptors (Lipinski definition) is 6. The first-order chi connectivity index (χ1) is 15.4. The fraction of sp³-hybridized carbons (Fsp3) is 0.263. The molecule has 2 aromatic rings. The van der Waals surface area contributed by atoms with Crippen molar-refractivity contribution in [3.05, 3.63) is 60.2 Å². The van der Waals surface area contributed by atoms with Gasteiger partial charge in [-0.3, -0.25) is 0 Å². The van der Waals surface area contributed by atoms with Crippen molar-refractivity contribution in [1.82, 2.24) is 4.90 Å². The predicted octanol–water partition coefficient (Wildman–Crippen LogP) is 7.30. The maximum absolute atomic E-state index is 10.7. The minimum atomic E-state index is -10.7. The van der Waals surface area contributed by atoms with E-state index in [0.29, 0.717) is 6.02 Å². The summed E-state index contributed by atoms with van der Waals surface area (Å²) in [5.74, 6) is 0. The molecule has 0 fully saturated rings. The molecule has 0 spiro atoms. The van der Waals surface area contributed by atoms with E-state index in [4.69, 9.17) is 4.74 Å². The molecule has 1 aliphatic rings. The molecule has 0 amide bonds. The Morgan fingerprint density at radius 3 is 1.79 bits per heavy atom. The molecule has 34 heavy (non-hydrogen) atoms. The van der Waals surface area contributed by atoms with E-state index >= 15 is 0 Å². The summed E-state index contributed by atoms with van der Waals surface area (Å²) in [4.78, 5) is 1.87. The second kappa shape index (κ2) is 9.09. The predicted molar refractivity (Wildman–Crippen MR) is 118 cm³/mol. The van der Waals surface area contributed by atoms with Crippen molar-refractivity contribution in [3.8, 4) is 0 Å². The van der Waals surface area contributed by atoms with Crippen LogP contribution >= 0.6 is 7.81 Å². The summed E-state index contributed by atoms with van der Waals surface area (Å²) in [5, 5.41) is 20.4. The van der Waals surface area contributed by atoms with Gasteiger partial charge in [-0.15, -0.1) is 10.2 Å². The van der Waals surface area contributed by atoms with Gasteiger partial charge in [0, 0.05) is 5.56 Å². The van der Waals surface area contributed by atoms with Crippen LogP contribution in [0.2, 0.25) is 0 Å². The Bertz CT molecular complexity index is 1090. The van der Waals surface area contributed by atoms with E-state index in [2.05, 4.69) is 25.7 Å². The molecular weight excluding hydrogens is 487 g/mol. The van der Waals surface area contributed by atoms with Crippen molar-refractivity contribution in [2.75, 3.05) is 28.2 Å². The van der Waals surface area contributed by atoms with Crippen LogP contribution in [0.3, 0.4) is 0 Å².